The smallest absolute Gasteiger partial charge is 0.326 e. The standard InChI is InChI=1S/C17H14N2O4/c20-15(21)9-14(17(22)23)19-16-10-5-1-3-7-12(10)18-13-8-4-2-6-11(13)16/h1-8,14H,9H2,(H,18,19)(H,20,21)(H,22,23). The molecule has 1 unspecified atom stereocenters. The zero-order chi connectivity index (χ0) is 16.4. The highest BCUT2D eigenvalue weighted by Crippen LogP contribution is 2.31. The van der Waals surface area contributed by atoms with Crippen molar-refractivity contribution < 1.29 is 19.8 Å². The summed E-state index contributed by atoms with van der Waals surface area (Å²) in [5, 5.41) is 22.6. The van der Waals surface area contributed by atoms with E-state index in [-0.39, 0.29) is 0 Å². The topological polar surface area (TPSA) is 99.5 Å². The van der Waals surface area contributed by atoms with E-state index >= 15 is 0 Å². The van der Waals surface area contributed by atoms with E-state index in [2.05, 4.69) is 10.3 Å². The second kappa shape index (κ2) is 5.92. The van der Waals surface area contributed by atoms with Crippen LogP contribution >= 0.6 is 0 Å². The number of benzene rings is 2. The quantitative estimate of drug-likeness (QED) is 0.627. The number of rotatable bonds is 5. The molecule has 0 spiro atoms. The van der Waals surface area contributed by atoms with Crippen LogP contribution in [0, 0.1) is 0 Å². The minimum atomic E-state index is -1.22. The second-order valence-corrected chi connectivity index (χ2v) is 5.15. The molecule has 0 saturated heterocycles. The largest absolute Gasteiger partial charge is 0.481 e. The van der Waals surface area contributed by atoms with Crippen LogP contribution in [-0.2, 0) is 9.59 Å². The number of carboxylic acids is 2. The average molecular weight is 310 g/mol. The number of para-hydroxylation sites is 2. The summed E-state index contributed by atoms with van der Waals surface area (Å²) < 4.78 is 0. The van der Waals surface area contributed by atoms with Crippen LogP contribution in [0.15, 0.2) is 48.5 Å². The molecule has 0 bridgehead atoms. The molecular formula is C17H14N2O4. The van der Waals surface area contributed by atoms with Gasteiger partial charge in [0.15, 0.2) is 0 Å². The van der Waals surface area contributed by atoms with Crippen LogP contribution in [-0.4, -0.2) is 33.2 Å². The van der Waals surface area contributed by atoms with Crippen molar-refractivity contribution >= 4 is 39.4 Å². The summed E-state index contributed by atoms with van der Waals surface area (Å²) in [6.07, 6.45) is -0.514. The van der Waals surface area contributed by atoms with Crippen molar-refractivity contribution in [1.29, 1.82) is 0 Å². The van der Waals surface area contributed by atoms with Gasteiger partial charge < -0.3 is 15.5 Å². The first-order chi connectivity index (χ1) is 11.1. The molecule has 0 saturated carbocycles. The molecule has 0 aliphatic heterocycles. The van der Waals surface area contributed by atoms with E-state index in [1.807, 2.05) is 48.5 Å². The molecule has 3 N–H and O–H groups in total. The molecule has 1 heterocycles. The Balaban J connectivity index is 2.19. The fourth-order valence-electron chi connectivity index (χ4n) is 2.54. The van der Waals surface area contributed by atoms with Crippen LogP contribution < -0.4 is 5.32 Å². The Kier molecular flexibility index (Phi) is 3.80. The molecular weight excluding hydrogens is 296 g/mol. The van der Waals surface area contributed by atoms with Crippen molar-refractivity contribution in [3.05, 3.63) is 48.5 Å². The SMILES string of the molecule is O=C(O)CC(Nc1c2ccccc2nc2ccccc12)C(=O)O. The molecule has 0 aliphatic rings. The summed E-state index contributed by atoms with van der Waals surface area (Å²) in [6, 6.07) is 13.5. The Morgan fingerprint density at radius 2 is 1.48 bits per heavy atom. The summed E-state index contributed by atoms with van der Waals surface area (Å²) in [7, 11) is 0. The second-order valence-electron chi connectivity index (χ2n) is 5.15. The third-order valence-corrected chi connectivity index (χ3v) is 3.58. The van der Waals surface area contributed by atoms with Crippen LogP contribution in [0.1, 0.15) is 6.42 Å². The Hall–Kier alpha value is -3.15. The molecule has 0 radical (unpaired) electrons. The fourth-order valence-corrected chi connectivity index (χ4v) is 2.54. The first-order valence-electron chi connectivity index (χ1n) is 7.05. The van der Waals surface area contributed by atoms with Crippen LogP contribution in [0.3, 0.4) is 0 Å². The zero-order valence-corrected chi connectivity index (χ0v) is 12.1. The minimum Gasteiger partial charge on any atom is -0.481 e. The van der Waals surface area contributed by atoms with Gasteiger partial charge in [-0.25, -0.2) is 9.78 Å². The summed E-state index contributed by atoms with van der Waals surface area (Å²) in [6.45, 7) is 0. The first-order valence-corrected chi connectivity index (χ1v) is 7.05. The van der Waals surface area contributed by atoms with E-state index in [1.165, 1.54) is 0 Å². The predicted molar refractivity (Wildman–Crippen MR) is 86.5 cm³/mol. The van der Waals surface area contributed by atoms with Gasteiger partial charge in [0.05, 0.1) is 23.1 Å². The molecule has 116 valence electrons. The highest BCUT2D eigenvalue weighted by atomic mass is 16.4. The molecule has 6 heteroatoms. The number of pyridine rings is 1. The highest BCUT2D eigenvalue weighted by Gasteiger charge is 2.22. The Morgan fingerprint density at radius 1 is 0.957 bits per heavy atom. The number of hydrogen-bond donors (Lipinski definition) is 3. The molecule has 3 aromatic rings. The number of anilines is 1. The van der Waals surface area contributed by atoms with E-state index in [0.717, 1.165) is 10.8 Å². The van der Waals surface area contributed by atoms with Gasteiger partial charge in [-0.05, 0) is 12.1 Å². The number of hydrogen-bond acceptors (Lipinski definition) is 4. The maximum absolute atomic E-state index is 11.4. The Labute approximate surface area is 131 Å². The van der Waals surface area contributed by atoms with Gasteiger partial charge in [-0.2, -0.15) is 0 Å². The molecule has 3 rings (SSSR count). The number of nitrogens with one attached hydrogen (secondary N) is 1. The molecule has 2 aromatic carbocycles. The van der Waals surface area contributed by atoms with E-state index in [1.54, 1.807) is 0 Å². The number of nitrogens with zero attached hydrogens (tertiary/aromatic N) is 1. The summed E-state index contributed by atoms with van der Waals surface area (Å²) in [5.41, 5.74) is 2.01. The van der Waals surface area contributed by atoms with Gasteiger partial charge in [0.2, 0.25) is 0 Å². The fraction of sp³-hybridized carbons (Fsp3) is 0.118. The maximum atomic E-state index is 11.4. The lowest BCUT2D eigenvalue weighted by atomic mass is 10.1. The third-order valence-electron chi connectivity index (χ3n) is 3.58. The lowest BCUT2D eigenvalue weighted by Gasteiger charge is -2.17. The molecule has 0 aliphatic carbocycles. The normalized spacial score (nSPS) is 12.2. The van der Waals surface area contributed by atoms with Crippen molar-refractivity contribution in [1.82, 2.24) is 4.98 Å². The van der Waals surface area contributed by atoms with Crippen molar-refractivity contribution in [3.63, 3.8) is 0 Å². The van der Waals surface area contributed by atoms with Crippen molar-refractivity contribution in [3.8, 4) is 0 Å². The van der Waals surface area contributed by atoms with Gasteiger partial charge in [-0.1, -0.05) is 36.4 Å². The van der Waals surface area contributed by atoms with Gasteiger partial charge in [0, 0.05) is 10.8 Å². The van der Waals surface area contributed by atoms with Gasteiger partial charge >= 0.3 is 11.9 Å². The van der Waals surface area contributed by atoms with E-state index in [9.17, 15) is 14.7 Å². The number of aliphatic carboxylic acids is 2. The van der Waals surface area contributed by atoms with Crippen LogP contribution in [0.2, 0.25) is 0 Å². The lowest BCUT2D eigenvalue weighted by Crippen LogP contribution is -2.31. The van der Waals surface area contributed by atoms with Crippen molar-refractivity contribution in [2.24, 2.45) is 0 Å². The van der Waals surface area contributed by atoms with Crippen molar-refractivity contribution in [2.75, 3.05) is 5.32 Å². The Morgan fingerprint density at radius 3 is 1.96 bits per heavy atom. The predicted octanol–water partition coefficient (Wildman–Crippen LogP) is 2.73. The zero-order valence-electron chi connectivity index (χ0n) is 12.1. The summed E-state index contributed by atoms with van der Waals surface area (Å²) in [4.78, 5) is 26.8. The summed E-state index contributed by atoms with van der Waals surface area (Å²) >= 11 is 0. The molecule has 0 amide bonds. The maximum Gasteiger partial charge on any atom is 0.326 e. The number of carbonyl (C=O) groups is 2. The molecule has 1 atom stereocenters. The third kappa shape index (κ3) is 2.91. The van der Waals surface area contributed by atoms with Gasteiger partial charge in [0.25, 0.3) is 0 Å². The number of aromatic nitrogens is 1. The average Bonchev–Trinajstić information content (AvgIpc) is 2.53. The Bertz CT molecular complexity index is 853. The summed E-state index contributed by atoms with van der Waals surface area (Å²) in [5.74, 6) is -2.38. The molecule has 6 nitrogen and oxygen atoms in total. The lowest BCUT2D eigenvalue weighted by molar-refractivity contribution is -0.144. The first kappa shape index (κ1) is 14.8. The van der Waals surface area contributed by atoms with E-state index < -0.39 is 24.4 Å². The van der Waals surface area contributed by atoms with Crippen LogP contribution in [0.5, 0.6) is 0 Å². The van der Waals surface area contributed by atoms with E-state index in [4.69, 9.17) is 5.11 Å². The minimum absolute atomic E-state index is 0.514. The van der Waals surface area contributed by atoms with Crippen LogP contribution in [0.25, 0.3) is 21.8 Å². The van der Waals surface area contributed by atoms with Gasteiger partial charge in [0.1, 0.15) is 6.04 Å². The van der Waals surface area contributed by atoms with E-state index in [0.29, 0.717) is 16.7 Å². The van der Waals surface area contributed by atoms with Gasteiger partial charge in [-0.15, -0.1) is 0 Å². The van der Waals surface area contributed by atoms with Crippen molar-refractivity contribution in [2.45, 2.75) is 12.5 Å². The number of fused-ring (bicyclic) bond motifs is 2. The molecule has 0 fully saturated rings. The molecule has 1 aromatic heterocycles. The monoisotopic (exact) mass is 310 g/mol. The molecule has 23 heavy (non-hydrogen) atoms. The number of carboxylic acid groups (broad SMARTS) is 2. The highest BCUT2D eigenvalue weighted by molar-refractivity contribution is 6.08. The van der Waals surface area contributed by atoms with Crippen LogP contribution in [0.4, 0.5) is 5.69 Å². The van der Waals surface area contributed by atoms with Gasteiger partial charge in [-0.3, -0.25) is 4.79 Å².